The molecule has 0 radical (unpaired) electrons. The van der Waals surface area contributed by atoms with Crippen LogP contribution in [-0.2, 0) is 42.9 Å². The van der Waals surface area contributed by atoms with Crippen LogP contribution in [0.3, 0.4) is 0 Å². The summed E-state index contributed by atoms with van der Waals surface area (Å²) in [7, 11) is 1.05. The molecule has 0 amide bonds. The zero-order valence-electron chi connectivity index (χ0n) is 17.6. The van der Waals surface area contributed by atoms with E-state index in [1.54, 1.807) is 0 Å². The molecule has 12 nitrogen and oxygen atoms in total. The molecule has 5 atom stereocenters. The Bertz CT molecular complexity index is 894. The summed E-state index contributed by atoms with van der Waals surface area (Å²) in [5.41, 5.74) is -0.251. The molecule has 1 aromatic carbocycles. The molecule has 12 heteroatoms. The average molecular weight is 454 g/mol. The average Bonchev–Trinajstić information content (AvgIpc) is 2.70. The van der Waals surface area contributed by atoms with Crippen LogP contribution in [0.25, 0.3) is 0 Å². The van der Waals surface area contributed by atoms with Crippen molar-refractivity contribution in [3.8, 4) is 5.75 Å². The van der Waals surface area contributed by atoms with Crippen molar-refractivity contribution in [3.63, 3.8) is 0 Å². The predicted molar refractivity (Wildman–Crippen MR) is 101 cm³/mol. The summed E-state index contributed by atoms with van der Waals surface area (Å²) in [5.74, 6) is -5.04. The van der Waals surface area contributed by atoms with Crippen LogP contribution >= 0.6 is 0 Å². The van der Waals surface area contributed by atoms with Crippen LogP contribution in [0.2, 0.25) is 0 Å². The summed E-state index contributed by atoms with van der Waals surface area (Å²) in [6, 6.07) is 5.50. The molecule has 174 valence electrons. The van der Waals surface area contributed by atoms with Gasteiger partial charge in [-0.15, -0.1) is 0 Å². The fourth-order valence-electron chi connectivity index (χ4n) is 3.05. The van der Waals surface area contributed by atoms with Crippen LogP contribution in [0.5, 0.6) is 5.75 Å². The Morgan fingerprint density at radius 1 is 0.844 bits per heavy atom. The Morgan fingerprint density at radius 2 is 1.38 bits per heavy atom. The molecule has 1 fully saturated rings. The van der Waals surface area contributed by atoms with Crippen LogP contribution in [0.1, 0.15) is 31.1 Å². The predicted octanol–water partition coefficient (Wildman–Crippen LogP) is 0.457. The third-order valence-electron chi connectivity index (χ3n) is 4.20. The maximum atomic E-state index is 12.4. The number of hydrogen-bond acceptors (Lipinski definition) is 11. The molecule has 0 spiro atoms. The Labute approximate surface area is 182 Å². The van der Waals surface area contributed by atoms with Crippen LogP contribution < -0.4 is 4.74 Å². The van der Waals surface area contributed by atoms with Gasteiger partial charge in [0.2, 0.25) is 12.4 Å². The van der Waals surface area contributed by atoms with E-state index in [0.717, 1.165) is 27.9 Å². The molecule has 0 aliphatic carbocycles. The lowest BCUT2D eigenvalue weighted by Crippen LogP contribution is -2.64. The van der Waals surface area contributed by atoms with Gasteiger partial charge in [0.25, 0.3) is 0 Å². The van der Waals surface area contributed by atoms with Crippen LogP contribution in [-0.4, -0.2) is 72.8 Å². The number of carbonyl (C=O) groups excluding carboxylic acids is 4. The molecule has 32 heavy (non-hydrogen) atoms. The third-order valence-corrected chi connectivity index (χ3v) is 4.20. The lowest BCUT2D eigenvalue weighted by atomic mass is 9.97. The lowest BCUT2D eigenvalue weighted by Gasteiger charge is -2.43. The zero-order chi connectivity index (χ0) is 24.0. The minimum absolute atomic E-state index is 0.182. The van der Waals surface area contributed by atoms with E-state index < -0.39 is 60.6 Å². The molecular weight excluding hydrogens is 432 g/mol. The van der Waals surface area contributed by atoms with E-state index in [-0.39, 0.29) is 11.3 Å². The van der Waals surface area contributed by atoms with Crippen molar-refractivity contribution in [2.24, 2.45) is 0 Å². The van der Waals surface area contributed by atoms with Gasteiger partial charge in [-0.3, -0.25) is 14.4 Å². The molecule has 0 aromatic heterocycles. The monoisotopic (exact) mass is 454 g/mol. The second-order valence-electron chi connectivity index (χ2n) is 6.59. The summed E-state index contributed by atoms with van der Waals surface area (Å²) in [6.07, 6.45) is -7.92. The summed E-state index contributed by atoms with van der Waals surface area (Å²) < 4.78 is 31.4. The smallest absolute Gasteiger partial charge is 0.339 e. The van der Waals surface area contributed by atoms with Gasteiger partial charge in [0.1, 0.15) is 11.3 Å². The second-order valence-corrected chi connectivity index (χ2v) is 6.59. The van der Waals surface area contributed by atoms with Gasteiger partial charge in [0.15, 0.2) is 18.3 Å². The van der Waals surface area contributed by atoms with Crippen molar-refractivity contribution in [1.29, 1.82) is 0 Å². The second kappa shape index (κ2) is 10.6. The minimum Gasteiger partial charge on any atom is -0.478 e. The van der Waals surface area contributed by atoms with E-state index in [1.165, 1.54) is 24.3 Å². The number of carboxylic acid groups (broad SMARTS) is 1. The van der Waals surface area contributed by atoms with E-state index in [1.807, 2.05) is 0 Å². The zero-order valence-corrected chi connectivity index (χ0v) is 17.6. The van der Waals surface area contributed by atoms with Crippen LogP contribution in [0.15, 0.2) is 24.3 Å². The fraction of sp³-hybridized carbons (Fsp3) is 0.450. The SMILES string of the molecule is COC(=O)C1O[C@H](Oc2ccccc2C(=O)O)C(OC(C)=O)C(OC(C)=O)[C@@H]1OC(C)=O. The van der Waals surface area contributed by atoms with Gasteiger partial charge in [0.05, 0.1) is 7.11 Å². The molecule has 2 rings (SSSR count). The number of benzene rings is 1. The molecule has 1 aliphatic rings. The van der Waals surface area contributed by atoms with Crippen molar-refractivity contribution >= 4 is 29.8 Å². The first-order valence-corrected chi connectivity index (χ1v) is 9.29. The summed E-state index contributed by atoms with van der Waals surface area (Å²) in [5, 5.41) is 9.39. The highest BCUT2D eigenvalue weighted by molar-refractivity contribution is 5.90. The number of aromatic carboxylic acids is 1. The number of ether oxygens (including phenoxy) is 6. The number of rotatable bonds is 7. The summed E-state index contributed by atoms with van der Waals surface area (Å²) >= 11 is 0. The summed E-state index contributed by atoms with van der Waals surface area (Å²) in [6.45, 7) is 3.15. The Morgan fingerprint density at radius 3 is 1.91 bits per heavy atom. The van der Waals surface area contributed by atoms with Crippen LogP contribution in [0, 0.1) is 0 Å². The van der Waals surface area contributed by atoms with Crippen molar-refractivity contribution < 1.29 is 57.5 Å². The molecule has 0 bridgehead atoms. The normalized spacial score (nSPS) is 24.6. The number of methoxy groups -OCH3 is 1. The van der Waals surface area contributed by atoms with Gasteiger partial charge in [-0.05, 0) is 12.1 Å². The van der Waals surface area contributed by atoms with Gasteiger partial charge in [-0.25, -0.2) is 9.59 Å². The molecule has 1 heterocycles. The number of carbonyl (C=O) groups is 5. The topological polar surface area (TPSA) is 161 Å². The summed E-state index contributed by atoms with van der Waals surface area (Å²) in [4.78, 5) is 59.0. The van der Waals surface area contributed by atoms with Crippen molar-refractivity contribution in [1.82, 2.24) is 0 Å². The maximum absolute atomic E-state index is 12.4. The van der Waals surface area contributed by atoms with Crippen molar-refractivity contribution in [3.05, 3.63) is 29.8 Å². The highest BCUT2D eigenvalue weighted by Gasteiger charge is 2.56. The first-order chi connectivity index (χ1) is 15.0. The largest absolute Gasteiger partial charge is 0.478 e. The van der Waals surface area contributed by atoms with Crippen molar-refractivity contribution in [2.75, 3.05) is 7.11 Å². The van der Waals surface area contributed by atoms with Crippen LogP contribution in [0.4, 0.5) is 0 Å². The van der Waals surface area contributed by atoms with E-state index in [0.29, 0.717) is 0 Å². The van der Waals surface area contributed by atoms with Gasteiger partial charge in [-0.2, -0.15) is 0 Å². The quantitative estimate of drug-likeness (QED) is 0.448. The molecular formula is C20H22O12. The first-order valence-electron chi connectivity index (χ1n) is 9.29. The van der Waals surface area contributed by atoms with Gasteiger partial charge in [-0.1, -0.05) is 12.1 Å². The highest BCUT2D eigenvalue weighted by Crippen LogP contribution is 2.32. The van der Waals surface area contributed by atoms with Gasteiger partial charge < -0.3 is 33.5 Å². The van der Waals surface area contributed by atoms with E-state index in [2.05, 4.69) is 4.74 Å². The Balaban J connectivity index is 2.56. The number of para-hydroxylation sites is 1. The first kappa shape index (κ1) is 24.6. The van der Waals surface area contributed by atoms with E-state index >= 15 is 0 Å². The molecule has 1 saturated heterocycles. The standard InChI is InChI=1S/C20H22O12/c1-9(21)28-14-15(29-10(2)22)17(30-11(3)23)20(32-16(14)19(26)27-4)31-13-8-6-5-7-12(13)18(24)25/h5-8,14-17,20H,1-4H3,(H,24,25)/t14-,15?,16?,17?,20-/m0/s1. The number of esters is 4. The molecule has 3 unspecified atom stereocenters. The number of hydrogen-bond donors (Lipinski definition) is 1. The molecule has 0 saturated carbocycles. The van der Waals surface area contributed by atoms with Gasteiger partial charge >= 0.3 is 29.8 Å². The van der Waals surface area contributed by atoms with E-state index in [4.69, 9.17) is 23.7 Å². The molecule has 1 N–H and O–H groups in total. The Hall–Kier alpha value is -3.67. The number of carboxylic acids is 1. The lowest BCUT2D eigenvalue weighted by molar-refractivity contribution is -0.282. The Kier molecular flexibility index (Phi) is 8.13. The van der Waals surface area contributed by atoms with Crippen molar-refractivity contribution in [2.45, 2.75) is 51.5 Å². The van der Waals surface area contributed by atoms with E-state index in [9.17, 15) is 29.1 Å². The molecule has 1 aliphatic heterocycles. The minimum atomic E-state index is -1.65. The highest BCUT2D eigenvalue weighted by atomic mass is 16.7. The molecule has 1 aromatic rings. The fourth-order valence-corrected chi connectivity index (χ4v) is 3.05. The third kappa shape index (κ3) is 5.94. The van der Waals surface area contributed by atoms with Gasteiger partial charge in [0, 0.05) is 20.8 Å². The maximum Gasteiger partial charge on any atom is 0.339 e.